The van der Waals surface area contributed by atoms with E-state index < -0.39 is 10.0 Å². The Hall–Kier alpha value is -2.54. The van der Waals surface area contributed by atoms with Gasteiger partial charge < -0.3 is 10.1 Å². The molecule has 132 valence electrons. The molecule has 7 heteroatoms. The SMILES string of the molecule is COc1ccccc1S(=O)(=O)Nc1ccc(CC(=O)NC2CC2)cc1. The lowest BCUT2D eigenvalue weighted by atomic mass is 10.1. The highest BCUT2D eigenvalue weighted by Crippen LogP contribution is 2.25. The first-order valence-corrected chi connectivity index (χ1v) is 9.50. The molecule has 0 atom stereocenters. The monoisotopic (exact) mass is 360 g/mol. The van der Waals surface area contributed by atoms with E-state index in [1.165, 1.54) is 13.2 Å². The van der Waals surface area contributed by atoms with Gasteiger partial charge >= 0.3 is 0 Å². The molecule has 0 aliphatic heterocycles. The van der Waals surface area contributed by atoms with Gasteiger partial charge in [-0.05, 0) is 42.7 Å². The van der Waals surface area contributed by atoms with Gasteiger partial charge in [-0.3, -0.25) is 9.52 Å². The minimum absolute atomic E-state index is 0.00940. The average Bonchev–Trinajstić information content (AvgIpc) is 3.40. The Bertz CT molecular complexity index is 859. The maximum atomic E-state index is 12.5. The van der Waals surface area contributed by atoms with Crippen LogP contribution < -0.4 is 14.8 Å². The minimum Gasteiger partial charge on any atom is -0.495 e. The number of ether oxygens (including phenoxy) is 1. The lowest BCUT2D eigenvalue weighted by Gasteiger charge is -2.11. The van der Waals surface area contributed by atoms with Crippen molar-refractivity contribution >= 4 is 21.6 Å². The van der Waals surface area contributed by atoms with Crippen LogP contribution in [0.15, 0.2) is 53.4 Å². The molecular weight excluding hydrogens is 340 g/mol. The largest absolute Gasteiger partial charge is 0.495 e. The summed E-state index contributed by atoms with van der Waals surface area (Å²) in [5, 5.41) is 2.93. The highest BCUT2D eigenvalue weighted by Gasteiger charge is 2.23. The summed E-state index contributed by atoms with van der Waals surface area (Å²) in [6.45, 7) is 0. The van der Waals surface area contributed by atoms with Crippen LogP contribution in [-0.2, 0) is 21.2 Å². The lowest BCUT2D eigenvalue weighted by Crippen LogP contribution is -2.26. The fourth-order valence-electron chi connectivity index (χ4n) is 2.43. The van der Waals surface area contributed by atoms with Crippen LogP contribution in [0.4, 0.5) is 5.69 Å². The normalized spacial score (nSPS) is 14.0. The third kappa shape index (κ3) is 4.51. The molecule has 0 bridgehead atoms. The van der Waals surface area contributed by atoms with Gasteiger partial charge in [-0.15, -0.1) is 0 Å². The van der Waals surface area contributed by atoms with Crippen molar-refractivity contribution in [2.45, 2.75) is 30.2 Å². The topological polar surface area (TPSA) is 84.5 Å². The first-order chi connectivity index (χ1) is 12.0. The Morgan fingerprint density at radius 2 is 1.80 bits per heavy atom. The van der Waals surface area contributed by atoms with E-state index in [4.69, 9.17) is 4.74 Å². The molecule has 0 saturated heterocycles. The van der Waals surface area contributed by atoms with Crippen molar-refractivity contribution in [1.82, 2.24) is 5.32 Å². The van der Waals surface area contributed by atoms with Crippen molar-refractivity contribution in [2.24, 2.45) is 0 Å². The number of rotatable bonds is 7. The molecule has 0 radical (unpaired) electrons. The smallest absolute Gasteiger partial charge is 0.265 e. The Morgan fingerprint density at radius 3 is 2.44 bits per heavy atom. The molecular formula is C18H20N2O4S. The number of carbonyl (C=O) groups excluding carboxylic acids is 1. The van der Waals surface area contributed by atoms with E-state index in [9.17, 15) is 13.2 Å². The van der Waals surface area contributed by atoms with Crippen molar-refractivity contribution in [3.63, 3.8) is 0 Å². The van der Waals surface area contributed by atoms with Crippen LogP contribution in [-0.4, -0.2) is 27.5 Å². The second kappa shape index (κ2) is 7.14. The molecule has 0 aromatic heterocycles. The molecule has 6 nitrogen and oxygen atoms in total. The highest BCUT2D eigenvalue weighted by molar-refractivity contribution is 7.92. The predicted octanol–water partition coefficient (Wildman–Crippen LogP) is 2.32. The number of hydrogen-bond acceptors (Lipinski definition) is 4. The van der Waals surface area contributed by atoms with E-state index in [1.807, 2.05) is 0 Å². The Labute approximate surface area is 147 Å². The number of sulfonamides is 1. The molecule has 1 aliphatic carbocycles. The van der Waals surface area contributed by atoms with Gasteiger partial charge in [0.1, 0.15) is 10.6 Å². The lowest BCUT2D eigenvalue weighted by molar-refractivity contribution is -0.120. The number of anilines is 1. The van der Waals surface area contributed by atoms with E-state index >= 15 is 0 Å². The fraction of sp³-hybridized carbons (Fsp3) is 0.278. The van der Waals surface area contributed by atoms with Crippen molar-refractivity contribution in [3.05, 3.63) is 54.1 Å². The number of carbonyl (C=O) groups is 1. The quantitative estimate of drug-likeness (QED) is 0.794. The third-order valence-electron chi connectivity index (χ3n) is 3.87. The zero-order valence-electron chi connectivity index (χ0n) is 13.9. The molecule has 2 aromatic carbocycles. The number of para-hydroxylation sites is 1. The van der Waals surface area contributed by atoms with E-state index in [2.05, 4.69) is 10.0 Å². The summed E-state index contributed by atoms with van der Waals surface area (Å²) in [5.74, 6) is 0.271. The number of amides is 1. The number of benzene rings is 2. The molecule has 0 unspecified atom stereocenters. The fourth-order valence-corrected chi connectivity index (χ4v) is 3.66. The Kier molecular flexibility index (Phi) is 4.94. The Balaban J connectivity index is 1.68. The Morgan fingerprint density at radius 1 is 1.12 bits per heavy atom. The molecule has 2 N–H and O–H groups in total. The molecule has 25 heavy (non-hydrogen) atoms. The molecule has 1 fully saturated rings. The van der Waals surface area contributed by atoms with Crippen LogP contribution in [0.2, 0.25) is 0 Å². The number of nitrogens with one attached hydrogen (secondary N) is 2. The van der Waals surface area contributed by atoms with E-state index in [1.54, 1.807) is 42.5 Å². The summed E-state index contributed by atoms with van der Waals surface area (Å²) < 4.78 is 32.7. The summed E-state index contributed by atoms with van der Waals surface area (Å²) in [5.41, 5.74) is 1.26. The van der Waals surface area contributed by atoms with Gasteiger partial charge in [0, 0.05) is 11.7 Å². The molecule has 1 aliphatic rings. The van der Waals surface area contributed by atoms with Gasteiger partial charge in [0.05, 0.1) is 13.5 Å². The molecule has 1 saturated carbocycles. The summed E-state index contributed by atoms with van der Waals surface area (Å²) in [4.78, 5) is 11.9. The minimum atomic E-state index is -3.75. The van der Waals surface area contributed by atoms with E-state index in [-0.39, 0.29) is 23.0 Å². The summed E-state index contributed by atoms with van der Waals surface area (Å²) in [6, 6.07) is 13.5. The number of methoxy groups -OCH3 is 1. The van der Waals surface area contributed by atoms with Crippen LogP contribution in [0.3, 0.4) is 0 Å². The van der Waals surface area contributed by atoms with Crippen LogP contribution in [0.25, 0.3) is 0 Å². The zero-order chi connectivity index (χ0) is 17.9. The van der Waals surface area contributed by atoms with Gasteiger partial charge in [0.25, 0.3) is 10.0 Å². The van der Waals surface area contributed by atoms with Gasteiger partial charge in [0.2, 0.25) is 5.91 Å². The first-order valence-electron chi connectivity index (χ1n) is 8.02. The van der Waals surface area contributed by atoms with Gasteiger partial charge in [0.15, 0.2) is 0 Å². The molecule has 2 aromatic rings. The predicted molar refractivity (Wildman–Crippen MR) is 95.1 cm³/mol. The van der Waals surface area contributed by atoms with E-state index in [0.717, 1.165) is 18.4 Å². The number of hydrogen-bond donors (Lipinski definition) is 2. The van der Waals surface area contributed by atoms with Gasteiger partial charge in [-0.25, -0.2) is 8.42 Å². The second-order valence-electron chi connectivity index (χ2n) is 5.97. The third-order valence-corrected chi connectivity index (χ3v) is 5.29. The van der Waals surface area contributed by atoms with Crippen molar-refractivity contribution < 1.29 is 17.9 Å². The molecule has 0 heterocycles. The maximum absolute atomic E-state index is 12.5. The maximum Gasteiger partial charge on any atom is 0.265 e. The van der Waals surface area contributed by atoms with Crippen LogP contribution in [0, 0.1) is 0 Å². The standard InChI is InChI=1S/C18H20N2O4S/c1-24-16-4-2-3-5-17(16)25(22,23)20-15-8-6-13(7-9-15)12-18(21)19-14-10-11-14/h2-9,14,20H,10-12H2,1H3,(H,19,21). The van der Waals surface area contributed by atoms with Gasteiger partial charge in [-0.1, -0.05) is 24.3 Å². The van der Waals surface area contributed by atoms with Crippen LogP contribution in [0.5, 0.6) is 5.75 Å². The van der Waals surface area contributed by atoms with Gasteiger partial charge in [-0.2, -0.15) is 0 Å². The van der Waals surface area contributed by atoms with Crippen LogP contribution in [0.1, 0.15) is 18.4 Å². The highest BCUT2D eigenvalue weighted by atomic mass is 32.2. The average molecular weight is 360 g/mol. The van der Waals surface area contributed by atoms with Crippen LogP contribution >= 0.6 is 0 Å². The summed E-state index contributed by atoms with van der Waals surface area (Å²) >= 11 is 0. The molecule has 0 spiro atoms. The summed E-state index contributed by atoms with van der Waals surface area (Å²) in [6.07, 6.45) is 2.39. The van der Waals surface area contributed by atoms with Crippen molar-refractivity contribution in [3.8, 4) is 5.75 Å². The second-order valence-corrected chi connectivity index (χ2v) is 7.62. The van der Waals surface area contributed by atoms with Crippen molar-refractivity contribution in [1.29, 1.82) is 0 Å². The molecule has 3 rings (SSSR count). The summed E-state index contributed by atoms with van der Waals surface area (Å²) in [7, 11) is -2.33. The molecule has 1 amide bonds. The van der Waals surface area contributed by atoms with Crippen molar-refractivity contribution in [2.75, 3.05) is 11.8 Å². The zero-order valence-corrected chi connectivity index (χ0v) is 14.7. The first kappa shape index (κ1) is 17.3. The van der Waals surface area contributed by atoms with E-state index in [0.29, 0.717) is 11.7 Å².